The van der Waals surface area contributed by atoms with Crippen LogP contribution in [0.4, 0.5) is 14.5 Å². The fourth-order valence-electron chi connectivity index (χ4n) is 2.09. The lowest BCUT2D eigenvalue weighted by atomic mass is 9.99. The molecule has 1 unspecified atom stereocenters. The zero-order chi connectivity index (χ0) is 14.7. The summed E-state index contributed by atoms with van der Waals surface area (Å²) in [6.07, 6.45) is 0. The van der Waals surface area contributed by atoms with Crippen LogP contribution in [0, 0.1) is 11.6 Å². The van der Waals surface area contributed by atoms with Crippen molar-refractivity contribution in [2.75, 3.05) is 19.0 Å². The Bertz CT molecular complexity index is 562. The predicted octanol–water partition coefficient (Wildman–Crippen LogP) is 2.58. The standard InChI is InChI=1S/C15H17F2N3/c1-20(2)14-5-3-10(4-6-14)15(19-18)11-7-12(16)9-13(17)8-11/h3-9,15,19H,18H2,1-2H3. The number of hydrazine groups is 1. The van der Waals surface area contributed by atoms with E-state index in [-0.39, 0.29) is 0 Å². The quantitative estimate of drug-likeness (QED) is 0.666. The van der Waals surface area contributed by atoms with Crippen molar-refractivity contribution in [2.24, 2.45) is 5.84 Å². The third-order valence-corrected chi connectivity index (χ3v) is 3.13. The van der Waals surface area contributed by atoms with E-state index in [4.69, 9.17) is 5.84 Å². The minimum absolute atomic E-state index is 0.447. The zero-order valence-corrected chi connectivity index (χ0v) is 11.4. The number of hydrogen-bond acceptors (Lipinski definition) is 3. The van der Waals surface area contributed by atoms with E-state index in [1.165, 1.54) is 12.1 Å². The van der Waals surface area contributed by atoms with Gasteiger partial charge in [0.05, 0.1) is 6.04 Å². The smallest absolute Gasteiger partial charge is 0.126 e. The molecule has 3 N–H and O–H groups in total. The number of nitrogens with one attached hydrogen (secondary N) is 1. The first kappa shape index (κ1) is 14.4. The van der Waals surface area contributed by atoms with Gasteiger partial charge in [0.2, 0.25) is 0 Å². The summed E-state index contributed by atoms with van der Waals surface area (Å²) in [7, 11) is 3.88. The molecular formula is C15H17F2N3. The van der Waals surface area contributed by atoms with Crippen LogP contribution in [0.15, 0.2) is 42.5 Å². The van der Waals surface area contributed by atoms with Gasteiger partial charge in [0.1, 0.15) is 11.6 Å². The largest absolute Gasteiger partial charge is 0.378 e. The molecule has 1 atom stereocenters. The number of anilines is 1. The van der Waals surface area contributed by atoms with Gasteiger partial charge in [0, 0.05) is 25.8 Å². The van der Waals surface area contributed by atoms with Crippen LogP contribution in [0.1, 0.15) is 17.2 Å². The molecule has 0 amide bonds. The number of rotatable bonds is 4. The van der Waals surface area contributed by atoms with Gasteiger partial charge in [0.15, 0.2) is 0 Å². The number of nitrogens with two attached hydrogens (primary N) is 1. The van der Waals surface area contributed by atoms with E-state index in [0.29, 0.717) is 5.56 Å². The van der Waals surface area contributed by atoms with Crippen LogP contribution in [-0.4, -0.2) is 14.1 Å². The fourth-order valence-corrected chi connectivity index (χ4v) is 2.09. The van der Waals surface area contributed by atoms with Crippen molar-refractivity contribution in [2.45, 2.75) is 6.04 Å². The van der Waals surface area contributed by atoms with E-state index in [2.05, 4.69) is 5.43 Å². The molecule has 0 saturated heterocycles. The average molecular weight is 277 g/mol. The first-order valence-corrected chi connectivity index (χ1v) is 6.20. The van der Waals surface area contributed by atoms with Gasteiger partial charge in [-0.25, -0.2) is 14.2 Å². The van der Waals surface area contributed by atoms with Crippen LogP contribution in [0.2, 0.25) is 0 Å². The van der Waals surface area contributed by atoms with Crippen molar-refractivity contribution in [3.63, 3.8) is 0 Å². The molecule has 5 heteroatoms. The molecule has 0 spiro atoms. The number of benzene rings is 2. The van der Waals surface area contributed by atoms with Crippen molar-refractivity contribution in [1.29, 1.82) is 0 Å². The Labute approximate surface area is 117 Å². The van der Waals surface area contributed by atoms with Gasteiger partial charge < -0.3 is 4.90 Å². The van der Waals surface area contributed by atoms with Gasteiger partial charge in [-0.15, -0.1) is 0 Å². The molecule has 2 aromatic rings. The molecule has 0 fully saturated rings. The SMILES string of the molecule is CN(C)c1ccc(C(NN)c2cc(F)cc(F)c2)cc1. The van der Waals surface area contributed by atoms with Crippen LogP contribution >= 0.6 is 0 Å². The lowest BCUT2D eigenvalue weighted by Crippen LogP contribution is -2.29. The van der Waals surface area contributed by atoms with Gasteiger partial charge in [0.25, 0.3) is 0 Å². The number of nitrogens with zero attached hydrogens (tertiary/aromatic N) is 1. The predicted molar refractivity (Wildman–Crippen MR) is 76.3 cm³/mol. The Kier molecular flexibility index (Phi) is 4.32. The second-order valence-electron chi connectivity index (χ2n) is 4.79. The molecule has 3 nitrogen and oxygen atoms in total. The van der Waals surface area contributed by atoms with Crippen LogP contribution < -0.4 is 16.2 Å². The van der Waals surface area contributed by atoms with Gasteiger partial charge in [-0.3, -0.25) is 5.84 Å². The molecule has 0 radical (unpaired) electrons. The van der Waals surface area contributed by atoms with Crippen molar-refractivity contribution < 1.29 is 8.78 Å². The third kappa shape index (κ3) is 3.12. The average Bonchev–Trinajstić information content (AvgIpc) is 2.39. The molecule has 2 rings (SSSR count). The third-order valence-electron chi connectivity index (χ3n) is 3.13. The maximum Gasteiger partial charge on any atom is 0.126 e. The van der Waals surface area contributed by atoms with Crippen LogP contribution in [0.3, 0.4) is 0 Å². The normalized spacial score (nSPS) is 12.2. The van der Waals surface area contributed by atoms with Crippen LogP contribution in [0.25, 0.3) is 0 Å². The molecule has 2 aromatic carbocycles. The minimum atomic E-state index is -0.620. The summed E-state index contributed by atoms with van der Waals surface area (Å²) in [5, 5.41) is 0. The Morgan fingerprint density at radius 3 is 1.95 bits per heavy atom. The zero-order valence-electron chi connectivity index (χ0n) is 11.4. The maximum atomic E-state index is 13.3. The summed E-state index contributed by atoms with van der Waals surface area (Å²) in [6.45, 7) is 0. The Morgan fingerprint density at radius 2 is 1.50 bits per heavy atom. The van der Waals surface area contributed by atoms with E-state index in [0.717, 1.165) is 17.3 Å². The molecule has 0 bridgehead atoms. The van der Waals surface area contributed by atoms with Gasteiger partial charge in [-0.05, 0) is 35.4 Å². The van der Waals surface area contributed by atoms with Crippen molar-refractivity contribution in [3.8, 4) is 0 Å². The summed E-state index contributed by atoms with van der Waals surface area (Å²) in [5.74, 6) is 4.29. The molecule has 0 heterocycles. The monoisotopic (exact) mass is 277 g/mol. The van der Waals surface area contributed by atoms with E-state index >= 15 is 0 Å². The van der Waals surface area contributed by atoms with E-state index in [9.17, 15) is 8.78 Å². The highest BCUT2D eigenvalue weighted by atomic mass is 19.1. The lowest BCUT2D eigenvalue weighted by Gasteiger charge is -2.19. The second kappa shape index (κ2) is 5.98. The molecule has 0 aliphatic heterocycles. The summed E-state index contributed by atoms with van der Waals surface area (Å²) >= 11 is 0. The van der Waals surface area contributed by atoms with Crippen molar-refractivity contribution >= 4 is 5.69 Å². The number of halogens is 2. The molecule has 0 aromatic heterocycles. The summed E-state index contributed by atoms with van der Waals surface area (Å²) in [5.41, 5.74) is 4.91. The molecule has 106 valence electrons. The Balaban J connectivity index is 2.36. The molecule has 20 heavy (non-hydrogen) atoms. The Morgan fingerprint density at radius 1 is 0.950 bits per heavy atom. The maximum absolute atomic E-state index is 13.3. The highest BCUT2D eigenvalue weighted by Crippen LogP contribution is 2.24. The molecule has 0 aliphatic carbocycles. The summed E-state index contributed by atoms with van der Waals surface area (Å²) in [4.78, 5) is 1.97. The van der Waals surface area contributed by atoms with Gasteiger partial charge in [-0.1, -0.05) is 12.1 Å². The Hall–Kier alpha value is -1.98. The van der Waals surface area contributed by atoms with E-state index < -0.39 is 17.7 Å². The first-order valence-electron chi connectivity index (χ1n) is 6.20. The van der Waals surface area contributed by atoms with Crippen LogP contribution in [0.5, 0.6) is 0 Å². The second-order valence-corrected chi connectivity index (χ2v) is 4.79. The van der Waals surface area contributed by atoms with Gasteiger partial charge in [-0.2, -0.15) is 0 Å². The molecule has 0 aliphatic rings. The summed E-state index contributed by atoms with van der Waals surface area (Å²) in [6, 6.07) is 10.5. The number of hydrogen-bond donors (Lipinski definition) is 2. The van der Waals surface area contributed by atoms with E-state index in [1.54, 1.807) is 0 Å². The highest BCUT2D eigenvalue weighted by molar-refractivity contribution is 5.47. The van der Waals surface area contributed by atoms with Gasteiger partial charge >= 0.3 is 0 Å². The summed E-state index contributed by atoms with van der Waals surface area (Å²) < 4.78 is 26.6. The molecule has 0 saturated carbocycles. The lowest BCUT2D eigenvalue weighted by molar-refractivity contribution is 0.566. The first-order chi connectivity index (χ1) is 9.51. The fraction of sp³-hybridized carbons (Fsp3) is 0.200. The van der Waals surface area contributed by atoms with E-state index in [1.807, 2.05) is 43.3 Å². The minimum Gasteiger partial charge on any atom is -0.378 e. The van der Waals surface area contributed by atoms with Crippen molar-refractivity contribution in [1.82, 2.24) is 5.43 Å². The van der Waals surface area contributed by atoms with Crippen LogP contribution in [-0.2, 0) is 0 Å². The topological polar surface area (TPSA) is 41.3 Å². The van der Waals surface area contributed by atoms with Crippen molar-refractivity contribution in [3.05, 3.63) is 65.2 Å². The molecular weight excluding hydrogens is 260 g/mol. The highest BCUT2D eigenvalue weighted by Gasteiger charge is 2.14.